The summed E-state index contributed by atoms with van der Waals surface area (Å²) in [5, 5.41) is 0. The van der Waals surface area contributed by atoms with Crippen molar-refractivity contribution in [2.45, 2.75) is 76.4 Å². The molecule has 0 N–H and O–H groups in total. The van der Waals surface area contributed by atoms with Gasteiger partial charge < -0.3 is 9.47 Å². The molecule has 0 bridgehead atoms. The fourth-order valence-corrected chi connectivity index (χ4v) is 5.38. The maximum atomic E-state index is 13.8. The van der Waals surface area contributed by atoms with Gasteiger partial charge in [0.1, 0.15) is 12.2 Å². The Morgan fingerprint density at radius 3 is 2.44 bits per heavy atom. The number of hydrogen-bond acceptors (Lipinski definition) is 4. The molecule has 4 rings (SSSR count). The van der Waals surface area contributed by atoms with Crippen molar-refractivity contribution in [3.05, 3.63) is 60.2 Å². The van der Waals surface area contributed by atoms with E-state index in [1.807, 2.05) is 42.5 Å². The molecule has 0 amide bonds. The van der Waals surface area contributed by atoms with Crippen LogP contribution in [-0.4, -0.2) is 30.1 Å². The van der Waals surface area contributed by atoms with Crippen LogP contribution >= 0.6 is 0 Å². The van der Waals surface area contributed by atoms with Crippen LogP contribution in [0, 0.1) is 11.8 Å². The Morgan fingerprint density at radius 1 is 1.03 bits per heavy atom. The molecule has 0 radical (unpaired) electrons. The molecule has 4 nitrogen and oxygen atoms in total. The highest BCUT2D eigenvalue weighted by Crippen LogP contribution is 2.45. The molecule has 2 fully saturated rings. The number of alkyl halides is 2. The maximum Gasteiger partial charge on any atom is 0.338 e. The van der Waals surface area contributed by atoms with Crippen LogP contribution in [0.25, 0.3) is 11.1 Å². The first-order valence-electron chi connectivity index (χ1n) is 12.3. The highest BCUT2D eigenvalue weighted by atomic mass is 19.3. The zero-order valence-corrected chi connectivity index (χ0v) is 19.6. The number of ether oxygens (including phenoxy) is 2. The van der Waals surface area contributed by atoms with Gasteiger partial charge in [0.2, 0.25) is 5.92 Å². The minimum atomic E-state index is -2.63. The SMILES string of the molecule is CCCC(F)(F)CCCC[C@@H]1[C@H]2CC(=O)O[C@H]2C[C@H]1OC(=O)c1ccc(-c2ccccc2)cc1. The lowest BCUT2D eigenvalue weighted by molar-refractivity contribution is -0.141. The Balaban J connectivity index is 1.37. The minimum absolute atomic E-state index is 0.0121. The molecule has 2 aromatic carbocycles. The van der Waals surface area contributed by atoms with E-state index < -0.39 is 11.9 Å². The largest absolute Gasteiger partial charge is 0.462 e. The van der Waals surface area contributed by atoms with Crippen LogP contribution in [0.1, 0.15) is 68.6 Å². The molecular weight excluding hydrogens is 438 g/mol. The number of rotatable bonds is 10. The normalized spacial score (nSPS) is 24.0. The number of fused-ring (bicyclic) bond motifs is 1. The van der Waals surface area contributed by atoms with E-state index in [9.17, 15) is 18.4 Å². The van der Waals surface area contributed by atoms with E-state index in [-0.39, 0.29) is 42.9 Å². The molecule has 182 valence electrons. The van der Waals surface area contributed by atoms with E-state index in [1.54, 1.807) is 19.1 Å². The van der Waals surface area contributed by atoms with Crippen molar-refractivity contribution in [3.63, 3.8) is 0 Å². The second-order valence-corrected chi connectivity index (χ2v) is 9.53. The quantitative estimate of drug-likeness (QED) is 0.282. The van der Waals surface area contributed by atoms with Gasteiger partial charge >= 0.3 is 11.9 Å². The lowest BCUT2D eigenvalue weighted by Crippen LogP contribution is -2.26. The fourth-order valence-electron chi connectivity index (χ4n) is 5.38. The van der Waals surface area contributed by atoms with Crippen LogP contribution in [0.15, 0.2) is 54.6 Å². The van der Waals surface area contributed by atoms with Crippen molar-refractivity contribution in [2.24, 2.45) is 11.8 Å². The Labute approximate surface area is 199 Å². The highest BCUT2D eigenvalue weighted by molar-refractivity contribution is 5.90. The second-order valence-electron chi connectivity index (χ2n) is 9.53. The first kappa shape index (κ1) is 24.4. The highest BCUT2D eigenvalue weighted by Gasteiger charge is 2.51. The third-order valence-electron chi connectivity index (χ3n) is 7.09. The Hall–Kier alpha value is -2.76. The third kappa shape index (κ3) is 5.83. The zero-order chi connectivity index (χ0) is 24.1. The lowest BCUT2D eigenvalue weighted by atomic mass is 9.87. The van der Waals surface area contributed by atoms with E-state index >= 15 is 0 Å². The van der Waals surface area contributed by atoms with Crippen LogP contribution in [0.3, 0.4) is 0 Å². The van der Waals surface area contributed by atoms with Gasteiger partial charge in [0, 0.05) is 31.1 Å². The summed E-state index contributed by atoms with van der Waals surface area (Å²) in [6.07, 6.45) is 2.06. The van der Waals surface area contributed by atoms with Crippen molar-refractivity contribution in [1.82, 2.24) is 0 Å². The first-order chi connectivity index (χ1) is 16.4. The molecule has 0 spiro atoms. The van der Waals surface area contributed by atoms with Gasteiger partial charge in [0.25, 0.3) is 0 Å². The molecule has 2 aliphatic rings. The summed E-state index contributed by atoms with van der Waals surface area (Å²) in [5.41, 5.74) is 2.54. The fraction of sp³-hybridized carbons (Fsp3) is 0.500. The predicted molar refractivity (Wildman–Crippen MR) is 125 cm³/mol. The van der Waals surface area contributed by atoms with E-state index in [4.69, 9.17) is 9.47 Å². The van der Waals surface area contributed by atoms with Crippen LogP contribution in [0.5, 0.6) is 0 Å². The average Bonchev–Trinajstić information content (AvgIpc) is 3.33. The smallest absolute Gasteiger partial charge is 0.338 e. The molecule has 2 aromatic rings. The van der Waals surface area contributed by atoms with Gasteiger partial charge in [-0.2, -0.15) is 0 Å². The Kier molecular flexibility index (Phi) is 7.64. The van der Waals surface area contributed by atoms with E-state index in [2.05, 4.69) is 0 Å². The summed E-state index contributed by atoms with van der Waals surface area (Å²) < 4.78 is 39.0. The molecule has 1 saturated heterocycles. The third-order valence-corrected chi connectivity index (χ3v) is 7.09. The van der Waals surface area contributed by atoms with Crippen molar-refractivity contribution < 1.29 is 27.8 Å². The monoisotopic (exact) mass is 470 g/mol. The first-order valence-corrected chi connectivity index (χ1v) is 12.3. The molecule has 1 heterocycles. The molecule has 34 heavy (non-hydrogen) atoms. The van der Waals surface area contributed by atoms with Crippen molar-refractivity contribution in [2.75, 3.05) is 0 Å². The molecule has 4 atom stereocenters. The molecule has 0 aromatic heterocycles. The second kappa shape index (κ2) is 10.7. The molecule has 1 saturated carbocycles. The van der Waals surface area contributed by atoms with Gasteiger partial charge in [-0.25, -0.2) is 13.6 Å². The van der Waals surface area contributed by atoms with E-state index in [0.29, 0.717) is 44.1 Å². The summed E-state index contributed by atoms with van der Waals surface area (Å²) in [6.45, 7) is 1.76. The number of hydrogen-bond donors (Lipinski definition) is 0. The van der Waals surface area contributed by atoms with Crippen LogP contribution in [-0.2, 0) is 14.3 Å². The maximum absolute atomic E-state index is 13.8. The van der Waals surface area contributed by atoms with Crippen molar-refractivity contribution in [3.8, 4) is 11.1 Å². The van der Waals surface area contributed by atoms with E-state index in [1.165, 1.54) is 0 Å². The Morgan fingerprint density at radius 2 is 1.74 bits per heavy atom. The summed E-state index contributed by atoms with van der Waals surface area (Å²) in [5.74, 6) is -3.33. The molecule has 0 unspecified atom stereocenters. The standard InChI is InChI=1S/C28H32F2O4/c1-2-15-28(29,30)16-7-6-10-22-23-17-26(31)33-25(23)18-24(22)34-27(32)21-13-11-20(12-14-21)19-8-4-3-5-9-19/h3-5,8-9,11-14,22-25H,2,6-7,10,15-18H2,1H3/t22-,23-,24-,25+/m1/s1. The van der Waals surface area contributed by atoms with E-state index in [0.717, 1.165) is 11.1 Å². The average molecular weight is 471 g/mol. The zero-order valence-electron chi connectivity index (χ0n) is 19.6. The number of esters is 2. The molecular formula is C28H32F2O4. The number of halogens is 2. The van der Waals surface area contributed by atoms with Gasteiger partial charge in [0.05, 0.1) is 12.0 Å². The number of benzene rings is 2. The topological polar surface area (TPSA) is 52.6 Å². The van der Waals surface area contributed by atoms with Gasteiger partial charge in [-0.1, -0.05) is 62.2 Å². The van der Waals surface area contributed by atoms with Gasteiger partial charge in [-0.3, -0.25) is 4.79 Å². The van der Waals surface area contributed by atoms with Crippen LogP contribution in [0.4, 0.5) is 8.78 Å². The van der Waals surface area contributed by atoms with Crippen LogP contribution in [0.2, 0.25) is 0 Å². The minimum Gasteiger partial charge on any atom is -0.462 e. The molecule has 1 aliphatic carbocycles. The molecule has 6 heteroatoms. The number of unbranched alkanes of at least 4 members (excludes halogenated alkanes) is 1. The van der Waals surface area contributed by atoms with Gasteiger partial charge in [-0.15, -0.1) is 0 Å². The summed E-state index contributed by atoms with van der Waals surface area (Å²) in [4.78, 5) is 24.7. The van der Waals surface area contributed by atoms with Gasteiger partial charge in [-0.05, 0) is 36.1 Å². The van der Waals surface area contributed by atoms with Crippen molar-refractivity contribution >= 4 is 11.9 Å². The lowest BCUT2D eigenvalue weighted by Gasteiger charge is -2.23. The summed E-state index contributed by atoms with van der Waals surface area (Å²) >= 11 is 0. The summed E-state index contributed by atoms with van der Waals surface area (Å²) in [7, 11) is 0. The Bertz CT molecular complexity index is 974. The summed E-state index contributed by atoms with van der Waals surface area (Å²) in [6, 6.07) is 17.2. The molecule has 1 aliphatic heterocycles. The number of carbonyl (C=O) groups is 2. The van der Waals surface area contributed by atoms with Crippen LogP contribution < -0.4 is 0 Å². The predicted octanol–water partition coefficient (Wildman–Crippen LogP) is 6.83. The van der Waals surface area contributed by atoms with Crippen molar-refractivity contribution in [1.29, 1.82) is 0 Å². The van der Waals surface area contributed by atoms with Gasteiger partial charge in [0.15, 0.2) is 0 Å². The number of carbonyl (C=O) groups excluding carboxylic acids is 2.